The predicted molar refractivity (Wildman–Crippen MR) is 82.0 cm³/mol. The van der Waals surface area contributed by atoms with Gasteiger partial charge in [0.2, 0.25) is 0 Å². The van der Waals surface area contributed by atoms with Crippen LogP contribution in [-0.4, -0.2) is 32.3 Å². The van der Waals surface area contributed by atoms with Crippen LogP contribution in [0.1, 0.15) is 10.4 Å². The van der Waals surface area contributed by atoms with Crippen LogP contribution in [0, 0.1) is 0 Å². The molecule has 2 rings (SSSR count). The molecule has 4 nitrogen and oxygen atoms in total. The summed E-state index contributed by atoms with van der Waals surface area (Å²) < 4.78 is 5.10. The molecule has 0 spiro atoms. The number of hydrogen-bond donors (Lipinski definition) is 0. The standard InChI is InChI=1S/C17H17NO3/c1-21-16-9-7-15(8-10-16)18(11-12-19)13-17(20)14-5-3-2-4-6-14/h2-10,12H,11,13H2,1H3. The molecule has 0 N–H and O–H groups in total. The number of ether oxygens (including phenoxy) is 1. The fourth-order valence-corrected chi connectivity index (χ4v) is 2.03. The van der Waals surface area contributed by atoms with Gasteiger partial charge in [-0.1, -0.05) is 30.3 Å². The van der Waals surface area contributed by atoms with Crippen molar-refractivity contribution in [1.29, 1.82) is 0 Å². The van der Waals surface area contributed by atoms with Crippen molar-refractivity contribution in [3.63, 3.8) is 0 Å². The summed E-state index contributed by atoms with van der Waals surface area (Å²) in [5.41, 5.74) is 1.45. The van der Waals surface area contributed by atoms with Crippen LogP contribution >= 0.6 is 0 Å². The van der Waals surface area contributed by atoms with Gasteiger partial charge in [-0.2, -0.15) is 0 Å². The largest absolute Gasteiger partial charge is 0.497 e. The van der Waals surface area contributed by atoms with E-state index in [-0.39, 0.29) is 18.9 Å². The summed E-state index contributed by atoms with van der Waals surface area (Å²) in [5, 5.41) is 0. The minimum Gasteiger partial charge on any atom is -0.497 e. The van der Waals surface area contributed by atoms with Gasteiger partial charge in [0.05, 0.1) is 20.2 Å². The normalized spacial score (nSPS) is 9.95. The lowest BCUT2D eigenvalue weighted by atomic mass is 10.1. The van der Waals surface area contributed by atoms with Crippen LogP contribution in [0.4, 0.5) is 5.69 Å². The van der Waals surface area contributed by atoms with Crippen molar-refractivity contribution in [2.75, 3.05) is 25.1 Å². The summed E-state index contributed by atoms with van der Waals surface area (Å²) in [6, 6.07) is 16.3. The molecule has 4 heteroatoms. The van der Waals surface area contributed by atoms with E-state index in [0.29, 0.717) is 5.56 Å². The first-order valence-electron chi connectivity index (χ1n) is 6.65. The summed E-state index contributed by atoms with van der Waals surface area (Å²) in [6.45, 7) is 0.333. The van der Waals surface area contributed by atoms with E-state index in [1.54, 1.807) is 36.3 Å². The van der Waals surface area contributed by atoms with Crippen LogP contribution in [0.2, 0.25) is 0 Å². The number of benzene rings is 2. The SMILES string of the molecule is COc1ccc(N(CC=O)CC(=O)c2ccccc2)cc1. The van der Waals surface area contributed by atoms with Gasteiger partial charge in [-0.05, 0) is 24.3 Å². The highest BCUT2D eigenvalue weighted by Gasteiger charge is 2.13. The van der Waals surface area contributed by atoms with Gasteiger partial charge in [0, 0.05) is 11.3 Å². The molecule has 0 amide bonds. The molecule has 2 aromatic rings. The summed E-state index contributed by atoms with van der Waals surface area (Å²) in [6.07, 6.45) is 0.794. The molecular weight excluding hydrogens is 266 g/mol. The van der Waals surface area contributed by atoms with E-state index in [4.69, 9.17) is 4.74 Å². The molecule has 0 aromatic heterocycles. The molecule has 21 heavy (non-hydrogen) atoms. The van der Waals surface area contributed by atoms with Crippen LogP contribution in [0.5, 0.6) is 5.75 Å². The predicted octanol–water partition coefficient (Wildman–Crippen LogP) is 2.58. The van der Waals surface area contributed by atoms with Crippen molar-refractivity contribution in [3.8, 4) is 5.75 Å². The van der Waals surface area contributed by atoms with Gasteiger partial charge in [0.1, 0.15) is 12.0 Å². The van der Waals surface area contributed by atoms with Crippen LogP contribution in [0.25, 0.3) is 0 Å². The molecule has 0 bridgehead atoms. The number of rotatable bonds is 7. The maximum Gasteiger partial charge on any atom is 0.182 e. The molecule has 108 valence electrons. The molecule has 0 saturated heterocycles. The topological polar surface area (TPSA) is 46.6 Å². The number of methoxy groups -OCH3 is 1. The Morgan fingerprint density at radius 2 is 1.76 bits per heavy atom. The van der Waals surface area contributed by atoms with E-state index < -0.39 is 0 Å². The van der Waals surface area contributed by atoms with Gasteiger partial charge in [-0.3, -0.25) is 4.79 Å². The Kier molecular flexibility index (Phi) is 5.10. The minimum absolute atomic E-state index is 0.0201. The Balaban J connectivity index is 2.14. The molecule has 0 unspecified atom stereocenters. The van der Waals surface area contributed by atoms with Crippen molar-refractivity contribution in [2.45, 2.75) is 0 Å². The summed E-state index contributed by atoms with van der Waals surface area (Å²) >= 11 is 0. The molecule has 0 aliphatic carbocycles. The lowest BCUT2D eigenvalue weighted by Gasteiger charge is -2.21. The highest BCUT2D eigenvalue weighted by Crippen LogP contribution is 2.19. The Bertz CT molecular complexity index is 593. The Morgan fingerprint density at radius 3 is 2.33 bits per heavy atom. The first-order chi connectivity index (χ1) is 10.2. The maximum atomic E-state index is 12.2. The number of carbonyl (C=O) groups is 2. The Hall–Kier alpha value is -2.62. The summed E-state index contributed by atoms with van der Waals surface area (Å²) in [5.74, 6) is 0.715. The van der Waals surface area contributed by atoms with E-state index in [1.807, 2.05) is 30.3 Å². The second-order valence-electron chi connectivity index (χ2n) is 4.53. The second-order valence-corrected chi connectivity index (χ2v) is 4.53. The first kappa shape index (κ1) is 14.8. The van der Waals surface area contributed by atoms with E-state index in [0.717, 1.165) is 17.7 Å². The molecule has 0 radical (unpaired) electrons. The number of aldehydes is 1. The van der Waals surface area contributed by atoms with E-state index >= 15 is 0 Å². The van der Waals surface area contributed by atoms with Crippen molar-refractivity contribution in [3.05, 3.63) is 60.2 Å². The first-order valence-corrected chi connectivity index (χ1v) is 6.65. The van der Waals surface area contributed by atoms with E-state index in [9.17, 15) is 9.59 Å². The average Bonchev–Trinajstić information content (AvgIpc) is 2.55. The third-order valence-electron chi connectivity index (χ3n) is 3.16. The van der Waals surface area contributed by atoms with Gasteiger partial charge < -0.3 is 14.4 Å². The number of hydrogen-bond acceptors (Lipinski definition) is 4. The fourth-order valence-electron chi connectivity index (χ4n) is 2.03. The molecule has 0 aliphatic rings. The number of anilines is 1. The average molecular weight is 283 g/mol. The van der Waals surface area contributed by atoms with Crippen LogP contribution in [-0.2, 0) is 4.79 Å². The van der Waals surface area contributed by atoms with Crippen LogP contribution < -0.4 is 9.64 Å². The van der Waals surface area contributed by atoms with Gasteiger partial charge >= 0.3 is 0 Å². The molecule has 0 atom stereocenters. The quantitative estimate of drug-likeness (QED) is 0.579. The van der Waals surface area contributed by atoms with Crippen molar-refractivity contribution < 1.29 is 14.3 Å². The molecule has 0 heterocycles. The highest BCUT2D eigenvalue weighted by atomic mass is 16.5. The molecular formula is C17H17NO3. The third-order valence-corrected chi connectivity index (χ3v) is 3.16. The molecule has 0 saturated carbocycles. The fraction of sp³-hybridized carbons (Fsp3) is 0.176. The number of Topliss-reactive ketones (excluding diaryl/α,β-unsaturated/α-hetero) is 1. The van der Waals surface area contributed by atoms with Crippen LogP contribution in [0.3, 0.4) is 0 Å². The zero-order valence-electron chi connectivity index (χ0n) is 11.9. The van der Waals surface area contributed by atoms with Crippen molar-refractivity contribution in [2.24, 2.45) is 0 Å². The van der Waals surface area contributed by atoms with E-state index in [2.05, 4.69) is 0 Å². The zero-order valence-corrected chi connectivity index (χ0v) is 11.9. The minimum atomic E-state index is -0.0201. The van der Waals surface area contributed by atoms with Crippen LogP contribution in [0.15, 0.2) is 54.6 Å². The highest BCUT2D eigenvalue weighted by molar-refractivity contribution is 5.99. The second kappa shape index (κ2) is 7.24. The smallest absolute Gasteiger partial charge is 0.182 e. The summed E-state index contributed by atoms with van der Waals surface area (Å²) in [4.78, 5) is 24.8. The Labute approximate surface area is 124 Å². The number of nitrogens with zero attached hydrogens (tertiary/aromatic N) is 1. The van der Waals surface area contributed by atoms with Crippen molar-refractivity contribution >= 4 is 17.8 Å². The number of ketones is 1. The third kappa shape index (κ3) is 3.92. The van der Waals surface area contributed by atoms with Gasteiger partial charge in [0.15, 0.2) is 5.78 Å². The maximum absolute atomic E-state index is 12.2. The van der Waals surface area contributed by atoms with Gasteiger partial charge in [-0.25, -0.2) is 0 Å². The lowest BCUT2D eigenvalue weighted by molar-refractivity contribution is -0.106. The van der Waals surface area contributed by atoms with E-state index in [1.165, 1.54) is 0 Å². The molecule has 0 aliphatic heterocycles. The van der Waals surface area contributed by atoms with Crippen molar-refractivity contribution in [1.82, 2.24) is 0 Å². The van der Waals surface area contributed by atoms with Gasteiger partial charge in [0.25, 0.3) is 0 Å². The summed E-state index contributed by atoms with van der Waals surface area (Å²) in [7, 11) is 1.59. The molecule has 0 fully saturated rings. The lowest BCUT2D eigenvalue weighted by Crippen LogP contribution is -2.31. The Morgan fingerprint density at radius 1 is 1.10 bits per heavy atom. The van der Waals surface area contributed by atoms with Gasteiger partial charge in [-0.15, -0.1) is 0 Å². The molecule has 2 aromatic carbocycles. The zero-order chi connectivity index (χ0) is 15.1. The monoisotopic (exact) mass is 283 g/mol. The number of carbonyl (C=O) groups excluding carboxylic acids is 2.